The van der Waals surface area contributed by atoms with Crippen molar-refractivity contribution in [1.29, 1.82) is 0 Å². The summed E-state index contributed by atoms with van der Waals surface area (Å²) < 4.78 is 40.5. The van der Waals surface area contributed by atoms with Gasteiger partial charge >= 0.3 is 21.7 Å². The third kappa shape index (κ3) is 4.32. The van der Waals surface area contributed by atoms with E-state index in [1.54, 1.807) is 13.0 Å². The van der Waals surface area contributed by atoms with E-state index in [0.29, 0.717) is 12.0 Å². The highest BCUT2D eigenvalue weighted by Crippen LogP contribution is 2.27. The van der Waals surface area contributed by atoms with E-state index in [4.69, 9.17) is 8.60 Å². The van der Waals surface area contributed by atoms with Crippen LogP contribution in [0.3, 0.4) is 0 Å². The van der Waals surface area contributed by atoms with Crippen LogP contribution in [0.2, 0.25) is 0 Å². The number of rotatable bonds is 6. The standard InChI is InChI=1S/C21H20O7S/c1-4-5-14-11-20(22)27-18-12-16(7-8-17(14)18)28-29(24,25)19-9-6-15(10-13(19)2)21(23)26-3/h6-12H,4-5H2,1-3H3. The Labute approximate surface area is 168 Å². The first-order valence-corrected chi connectivity index (χ1v) is 10.4. The van der Waals surface area contributed by atoms with Crippen LogP contribution in [0.15, 0.2) is 56.6 Å². The summed E-state index contributed by atoms with van der Waals surface area (Å²) >= 11 is 0. The summed E-state index contributed by atoms with van der Waals surface area (Å²) in [5.41, 5.74) is 1.16. The van der Waals surface area contributed by atoms with Gasteiger partial charge in [-0.3, -0.25) is 0 Å². The van der Waals surface area contributed by atoms with Gasteiger partial charge in [-0.2, -0.15) is 8.42 Å². The summed E-state index contributed by atoms with van der Waals surface area (Å²) in [5.74, 6) is -0.545. The zero-order valence-electron chi connectivity index (χ0n) is 16.2. The van der Waals surface area contributed by atoms with E-state index >= 15 is 0 Å². The Morgan fingerprint density at radius 2 is 1.86 bits per heavy atom. The molecular formula is C21H20O7S. The molecule has 7 nitrogen and oxygen atoms in total. The number of esters is 1. The highest BCUT2D eigenvalue weighted by molar-refractivity contribution is 7.87. The summed E-state index contributed by atoms with van der Waals surface area (Å²) in [6, 6.07) is 10.1. The van der Waals surface area contributed by atoms with Gasteiger partial charge in [-0.25, -0.2) is 9.59 Å². The lowest BCUT2D eigenvalue weighted by Gasteiger charge is -2.11. The fourth-order valence-electron chi connectivity index (χ4n) is 3.08. The van der Waals surface area contributed by atoms with Crippen LogP contribution in [0.1, 0.15) is 34.8 Å². The minimum Gasteiger partial charge on any atom is -0.465 e. The SMILES string of the molecule is CCCc1cc(=O)oc2cc(OS(=O)(=O)c3ccc(C(=O)OC)cc3C)ccc12. The molecule has 8 heteroatoms. The molecule has 0 aliphatic rings. The molecular weight excluding hydrogens is 396 g/mol. The Morgan fingerprint density at radius 1 is 1.10 bits per heavy atom. The Morgan fingerprint density at radius 3 is 2.52 bits per heavy atom. The maximum Gasteiger partial charge on any atom is 0.339 e. The van der Waals surface area contributed by atoms with E-state index in [0.717, 1.165) is 17.4 Å². The van der Waals surface area contributed by atoms with Crippen molar-refractivity contribution in [2.45, 2.75) is 31.6 Å². The minimum absolute atomic E-state index is 0.0192. The van der Waals surface area contributed by atoms with Crippen LogP contribution < -0.4 is 9.81 Å². The first-order chi connectivity index (χ1) is 13.7. The number of carbonyl (C=O) groups excluding carboxylic acids is 1. The molecule has 0 fully saturated rings. The molecule has 0 bridgehead atoms. The first-order valence-electron chi connectivity index (χ1n) is 8.95. The Bertz CT molecular complexity index is 1240. The van der Waals surface area contributed by atoms with Gasteiger partial charge in [-0.1, -0.05) is 13.3 Å². The van der Waals surface area contributed by atoms with Gasteiger partial charge < -0.3 is 13.3 Å². The van der Waals surface area contributed by atoms with Crippen LogP contribution >= 0.6 is 0 Å². The third-order valence-corrected chi connectivity index (χ3v) is 5.80. The van der Waals surface area contributed by atoms with Crippen molar-refractivity contribution in [1.82, 2.24) is 0 Å². The number of fused-ring (bicyclic) bond motifs is 1. The topological polar surface area (TPSA) is 99.9 Å². The molecule has 0 saturated carbocycles. The highest BCUT2D eigenvalue weighted by atomic mass is 32.2. The Kier molecular flexibility index (Phi) is 5.74. The zero-order chi connectivity index (χ0) is 21.2. The largest absolute Gasteiger partial charge is 0.465 e. The summed E-state index contributed by atoms with van der Waals surface area (Å²) in [5, 5.41) is 0.731. The number of hydrogen-bond acceptors (Lipinski definition) is 7. The van der Waals surface area contributed by atoms with Gasteiger partial charge in [0.25, 0.3) is 0 Å². The van der Waals surface area contributed by atoms with Crippen molar-refractivity contribution in [3.05, 3.63) is 69.6 Å². The molecule has 0 saturated heterocycles. The number of benzene rings is 2. The zero-order valence-corrected chi connectivity index (χ0v) is 17.0. The summed E-state index contributed by atoms with van der Waals surface area (Å²) in [6.07, 6.45) is 1.55. The normalized spacial score (nSPS) is 11.4. The van der Waals surface area contributed by atoms with Crippen molar-refractivity contribution in [3.63, 3.8) is 0 Å². The Hall–Kier alpha value is -3.13. The second kappa shape index (κ2) is 8.08. The maximum absolute atomic E-state index is 12.7. The molecule has 0 unspecified atom stereocenters. The molecule has 3 aromatic rings. The van der Waals surface area contributed by atoms with Gasteiger partial charge in [-0.15, -0.1) is 0 Å². The van der Waals surface area contributed by atoms with Gasteiger partial charge in [0.15, 0.2) is 0 Å². The van der Waals surface area contributed by atoms with Gasteiger partial charge in [0.2, 0.25) is 0 Å². The third-order valence-electron chi connectivity index (χ3n) is 4.39. The quantitative estimate of drug-likeness (QED) is 0.344. The van der Waals surface area contributed by atoms with Gasteiger partial charge in [0.1, 0.15) is 16.2 Å². The summed E-state index contributed by atoms with van der Waals surface area (Å²) in [7, 11) is -2.92. The molecule has 29 heavy (non-hydrogen) atoms. The number of ether oxygens (including phenoxy) is 1. The lowest BCUT2D eigenvalue weighted by atomic mass is 10.1. The minimum atomic E-state index is -4.16. The molecule has 0 aliphatic heterocycles. The van der Waals surface area contributed by atoms with E-state index in [2.05, 4.69) is 4.74 Å². The van der Waals surface area contributed by atoms with Gasteiger partial charge in [0.05, 0.1) is 12.7 Å². The highest BCUT2D eigenvalue weighted by Gasteiger charge is 2.21. The number of carbonyl (C=O) groups is 1. The van der Waals surface area contributed by atoms with Crippen molar-refractivity contribution in [2.75, 3.05) is 7.11 Å². The second-order valence-electron chi connectivity index (χ2n) is 6.51. The molecule has 152 valence electrons. The molecule has 0 spiro atoms. The van der Waals surface area contributed by atoms with Crippen molar-refractivity contribution in [3.8, 4) is 5.75 Å². The first kappa shape index (κ1) is 20.6. The van der Waals surface area contributed by atoms with E-state index in [1.807, 2.05) is 6.92 Å². The van der Waals surface area contributed by atoms with Crippen LogP contribution in [0.4, 0.5) is 0 Å². The van der Waals surface area contributed by atoms with Crippen molar-refractivity contribution < 1.29 is 26.5 Å². The van der Waals surface area contributed by atoms with E-state index in [-0.39, 0.29) is 21.8 Å². The number of methoxy groups -OCH3 is 1. The fraction of sp³-hybridized carbons (Fsp3) is 0.238. The lowest BCUT2D eigenvalue weighted by Crippen LogP contribution is -2.12. The molecule has 2 aromatic carbocycles. The van der Waals surface area contributed by atoms with Crippen LogP contribution in [0.5, 0.6) is 5.75 Å². The monoisotopic (exact) mass is 416 g/mol. The smallest absolute Gasteiger partial charge is 0.339 e. The average Bonchev–Trinajstić information content (AvgIpc) is 2.66. The summed E-state index contributed by atoms with van der Waals surface area (Å²) in [6.45, 7) is 3.55. The predicted octanol–water partition coefficient (Wildman–Crippen LogP) is 3.61. The van der Waals surface area contributed by atoms with Crippen molar-refractivity contribution >= 4 is 27.1 Å². The summed E-state index contributed by atoms with van der Waals surface area (Å²) in [4.78, 5) is 23.3. The molecule has 0 amide bonds. The average molecular weight is 416 g/mol. The van der Waals surface area contributed by atoms with Crippen LogP contribution in [-0.2, 0) is 21.3 Å². The molecule has 0 aliphatic carbocycles. The lowest BCUT2D eigenvalue weighted by molar-refractivity contribution is 0.0600. The molecule has 3 rings (SSSR count). The van der Waals surface area contributed by atoms with Crippen molar-refractivity contribution in [2.24, 2.45) is 0 Å². The van der Waals surface area contributed by atoms with Crippen LogP contribution in [0.25, 0.3) is 11.0 Å². The molecule has 0 radical (unpaired) electrons. The van der Waals surface area contributed by atoms with Crippen LogP contribution in [-0.4, -0.2) is 21.5 Å². The molecule has 0 N–H and O–H groups in total. The predicted molar refractivity (Wildman–Crippen MR) is 107 cm³/mol. The second-order valence-corrected chi connectivity index (χ2v) is 8.02. The maximum atomic E-state index is 12.7. The molecule has 0 atom stereocenters. The number of hydrogen-bond donors (Lipinski definition) is 0. The van der Waals surface area contributed by atoms with E-state index < -0.39 is 21.7 Å². The fourth-order valence-corrected chi connectivity index (χ4v) is 4.22. The van der Waals surface area contributed by atoms with Crippen LogP contribution in [0, 0.1) is 6.92 Å². The number of aryl methyl sites for hydroxylation is 2. The Balaban J connectivity index is 1.97. The molecule has 1 heterocycles. The van der Waals surface area contributed by atoms with Gasteiger partial charge in [-0.05, 0) is 54.8 Å². The van der Waals surface area contributed by atoms with E-state index in [1.165, 1.54) is 43.5 Å². The van der Waals surface area contributed by atoms with Gasteiger partial charge in [0, 0.05) is 17.5 Å². The molecule has 1 aromatic heterocycles. The van der Waals surface area contributed by atoms with E-state index in [9.17, 15) is 18.0 Å².